The second-order valence-corrected chi connectivity index (χ2v) is 5.47. The molecular formula is C15H25NO2. The Morgan fingerprint density at radius 3 is 2.67 bits per heavy atom. The van der Waals surface area contributed by atoms with E-state index >= 15 is 0 Å². The molecule has 0 amide bonds. The van der Waals surface area contributed by atoms with E-state index in [-0.39, 0.29) is 0 Å². The molecule has 1 aromatic heterocycles. The predicted octanol–water partition coefficient (Wildman–Crippen LogP) is 3.63. The van der Waals surface area contributed by atoms with E-state index < -0.39 is 0 Å². The summed E-state index contributed by atoms with van der Waals surface area (Å²) in [5.74, 6) is 1.94. The molecule has 1 aromatic rings. The van der Waals surface area contributed by atoms with Gasteiger partial charge in [0, 0.05) is 6.04 Å². The first kappa shape index (κ1) is 13.6. The maximum Gasteiger partial charge on any atom is 0.129 e. The Morgan fingerprint density at radius 2 is 1.94 bits per heavy atom. The lowest BCUT2D eigenvalue weighted by molar-refractivity contribution is 0.00835. The van der Waals surface area contributed by atoms with Crippen LogP contribution in [-0.2, 0) is 17.9 Å². The average molecular weight is 251 g/mol. The maximum absolute atomic E-state index is 5.89. The Hall–Kier alpha value is -0.800. The summed E-state index contributed by atoms with van der Waals surface area (Å²) in [5, 5.41) is 3.35. The minimum absolute atomic E-state index is 0.445. The van der Waals surface area contributed by atoms with Gasteiger partial charge < -0.3 is 14.5 Å². The molecule has 1 aliphatic rings. The molecular weight excluding hydrogens is 226 g/mol. The second kappa shape index (κ2) is 6.95. The van der Waals surface area contributed by atoms with E-state index in [0.717, 1.165) is 18.1 Å². The first-order valence-electron chi connectivity index (χ1n) is 7.16. The van der Waals surface area contributed by atoms with Crippen molar-refractivity contribution >= 4 is 0 Å². The Balaban J connectivity index is 1.72. The summed E-state index contributed by atoms with van der Waals surface area (Å²) in [7, 11) is 0. The van der Waals surface area contributed by atoms with Crippen LogP contribution in [0.3, 0.4) is 0 Å². The monoisotopic (exact) mass is 251 g/mol. The minimum atomic E-state index is 0.445. The van der Waals surface area contributed by atoms with Crippen LogP contribution in [0.25, 0.3) is 0 Å². The number of furan rings is 1. The van der Waals surface area contributed by atoms with Crippen molar-refractivity contribution < 1.29 is 9.15 Å². The fourth-order valence-electron chi connectivity index (χ4n) is 2.33. The Kier molecular flexibility index (Phi) is 5.26. The molecule has 1 aliphatic carbocycles. The molecule has 1 fully saturated rings. The third-order valence-corrected chi connectivity index (χ3v) is 3.42. The third-order valence-electron chi connectivity index (χ3n) is 3.42. The molecule has 102 valence electrons. The standard InChI is InChI=1S/C15H25NO2/c1-12(2)16-10-14-8-9-15(18-14)11-17-13-6-4-3-5-7-13/h8-9,12-13,16H,3-7,10-11H2,1-2H3. The van der Waals surface area contributed by atoms with Crippen molar-refractivity contribution in [3.8, 4) is 0 Å². The smallest absolute Gasteiger partial charge is 0.129 e. The van der Waals surface area contributed by atoms with Crippen molar-refractivity contribution in [2.45, 2.75) is 71.2 Å². The zero-order valence-corrected chi connectivity index (χ0v) is 11.6. The summed E-state index contributed by atoms with van der Waals surface area (Å²) in [6.07, 6.45) is 6.86. The van der Waals surface area contributed by atoms with Gasteiger partial charge in [0.1, 0.15) is 18.1 Å². The van der Waals surface area contributed by atoms with Crippen LogP contribution in [0.2, 0.25) is 0 Å². The molecule has 3 nitrogen and oxygen atoms in total. The average Bonchev–Trinajstić information content (AvgIpc) is 2.83. The van der Waals surface area contributed by atoms with Gasteiger partial charge in [-0.15, -0.1) is 0 Å². The lowest BCUT2D eigenvalue weighted by Gasteiger charge is -2.21. The van der Waals surface area contributed by atoms with Crippen molar-refractivity contribution in [1.82, 2.24) is 5.32 Å². The topological polar surface area (TPSA) is 34.4 Å². The first-order chi connectivity index (χ1) is 8.74. The summed E-state index contributed by atoms with van der Waals surface area (Å²) in [4.78, 5) is 0. The Bertz CT molecular complexity index is 340. The van der Waals surface area contributed by atoms with Gasteiger partial charge in [-0.1, -0.05) is 33.1 Å². The molecule has 0 bridgehead atoms. The quantitative estimate of drug-likeness (QED) is 0.838. The van der Waals surface area contributed by atoms with Gasteiger partial charge in [-0.05, 0) is 25.0 Å². The Labute approximate surface area is 110 Å². The molecule has 0 spiro atoms. The summed E-state index contributed by atoms with van der Waals surface area (Å²) < 4.78 is 11.6. The first-order valence-corrected chi connectivity index (χ1v) is 7.16. The Morgan fingerprint density at radius 1 is 1.22 bits per heavy atom. The highest BCUT2D eigenvalue weighted by molar-refractivity contribution is 5.06. The van der Waals surface area contributed by atoms with E-state index in [4.69, 9.17) is 9.15 Å². The van der Waals surface area contributed by atoms with Crippen LogP contribution in [-0.4, -0.2) is 12.1 Å². The SMILES string of the molecule is CC(C)NCc1ccc(COC2CCCCC2)o1. The number of hydrogen-bond acceptors (Lipinski definition) is 3. The van der Waals surface area contributed by atoms with Crippen LogP contribution in [0.1, 0.15) is 57.5 Å². The van der Waals surface area contributed by atoms with Crippen molar-refractivity contribution in [3.05, 3.63) is 23.7 Å². The molecule has 18 heavy (non-hydrogen) atoms. The van der Waals surface area contributed by atoms with Gasteiger partial charge in [-0.2, -0.15) is 0 Å². The number of ether oxygens (including phenoxy) is 1. The van der Waals surface area contributed by atoms with Crippen molar-refractivity contribution in [1.29, 1.82) is 0 Å². The fourth-order valence-corrected chi connectivity index (χ4v) is 2.33. The fraction of sp³-hybridized carbons (Fsp3) is 0.733. The number of nitrogens with one attached hydrogen (secondary N) is 1. The summed E-state index contributed by atoms with van der Waals surface area (Å²) in [6, 6.07) is 4.55. The third kappa shape index (κ3) is 4.46. The molecule has 2 rings (SSSR count). The molecule has 1 N–H and O–H groups in total. The van der Waals surface area contributed by atoms with Gasteiger partial charge in [-0.25, -0.2) is 0 Å². The van der Waals surface area contributed by atoms with Gasteiger partial charge in [0.25, 0.3) is 0 Å². The summed E-state index contributed by atoms with van der Waals surface area (Å²) >= 11 is 0. The summed E-state index contributed by atoms with van der Waals surface area (Å²) in [6.45, 7) is 5.68. The van der Waals surface area contributed by atoms with Crippen molar-refractivity contribution in [3.63, 3.8) is 0 Å². The van der Waals surface area contributed by atoms with Crippen LogP contribution >= 0.6 is 0 Å². The van der Waals surface area contributed by atoms with Gasteiger partial charge in [0.15, 0.2) is 0 Å². The van der Waals surface area contributed by atoms with Crippen LogP contribution < -0.4 is 5.32 Å². The zero-order valence-electron chi connectivity index (χ0n) is 11.6. The molecule has 0 atom stereocenters. The molecule has 3 heteroatoms. The molecule has 0 radical (unpaired) electrons. The van der Waals surface area contributed by atoms with Crippen LogP contribution in [0.4, 0.5) is 0 Å². The maximum atomic E-state index is 5.89. The molecule has 0 aromatic carbocycles. The largest absolute Gasteiger partial charge is 0.462 e. The van der Waals surface area contributed by atoms with Crippen molar-refractivity contribution in [2.24, 2.45) is 0 Å². The van der Waals surface area contributed by atoms with Gasteiger partial charge in [0.2, 0.25) is 0 Å². The van der Waals surface area contributed by atoms with Gasteiger partial charge >= 0.3 is 0 Å². The van der Waals surface area contributed by atoms with Crippen LogP contribution in [0, 0.1) is 0 Å². The normalized spacial score (nSPS) is 17.5. The lowest BCUT2D eigenvalue weighted by atomic mass is 9.98. The van der Waals surface area contributed by atoms with E-state index in [9.17, 15) is 0 Å². The van der Waals surface area contributed by atoms with Gasteiger partial charge in [-0.3, -0.25) is 0 Å². The van der Waals surface area contributed by atoms with E-state index in [2.05, 4.69) is 19.2 Å². The van der Waals surface area contributed by atoms with Crippen molar-refractivity contribution in [2.75, 3.05) is 0 Å². The highest BCUT2D eigenvalue weighted by Gasteiger charge is 2.14. The second-order valence-electron chi connectivity index (χ2n) is 5.47. The van der Waals surface area contributed by atoms with Crippen LogP contribution in [0.15, 0.2) is 16.5 Å². The molecule has 1 saturated carbocycles. The van der Waals surface area contributed by atoms with E-state index in [1.165, 1.54) is 32.1 Å². The molecule has 0 unspecified atom stereocenters. The number of rotatable bonds is 6. The highest BCUT2D eigenvalue weighted by atomic mass is 16.5. The lowest BCUT2D eigenvalue weighted by Crippen LogP contribution is -2.21. The van der Waals surface area contributed by atoms with Gasteiger partial charge in [0.05, 0.1) is 12.6 Å². The predicted molar refractivity (Wildman–Crippen MR) is 72.3 cm³/mol. The van der Waals surface area contributed by atoms with Crippen LogP contribution in [0.5, 0.6) is 0 Å². The molecule has 0 aliphatic heterocycles. The molecule has 0 saturated heterocycles. The molecule has 1 heterocycles. The van der Waals surface area contributed by atoms with E-state index in [0.29, 0.717) is 18.8 Å². The number of hydrogen-bond donors (Lipinski definition) is 1. The summed E-state index contributed by atoms with van der Waals surface area (Å²) in [5.41, 5.74) is 0. The highest BCUT2D eigenvalue weighted by Crippen LogP contribution is 2.21. The zero-order chi connectivity index (χ0) is 12.8. The minimum Gasteiger partial charge on any atom is -0.462 e. The van der Waals surface area contributed by atoms with E-state index in [1.54, 1.807) is 0 Å². The van der Waals surface area contributed by atoms with E-state index in [1.807, 2.05) is 12.1 Å².